The van der Waals surface area contributed by atoms with Crippen LogP contribution in [-0.4, -0.2) is 40.9 Å². The van der Waals surface area contributed by atoms with Crippen LogP contribution in [0, 0.1) is 0 Å². The number of hydrogen-bond donors (Lipinski definition) is 4. The molecule has 0 aliphatic carbocycles. The first kappa shape index (κ1) is 15.0. The minimum absolute atomic E-state index is 0.0695. The SMILES string of the molecule is CC(=O)NNC(=O)CCCCC1SCC2NC(=O)NC21. The van der Waals surface area contributed by atoms with E-state index in [1.807, 2.05) is 11.8 Å². The van der Waals surface area contributed by atoms with Gasteiger partial charge in [0.1, 0.15) is 0 Å². The number of hydrogen-bond acceptors (Lipinski definition) is 4. The summed E-state index contributed by atoms with van der Waals surface area (Å²) in [6.07, 6.45) is 3.10. The average Bonchev–Trinajstić information content (AvgIpc) is 2.92. The molecular formula is C12H20N4O3S. The zero-order valence-corrected chi connectivity index (χ0v) is 12.2. The Balaban J connectivity index is 1.58. The lowest BCUT2D eigenvalue weighted by Gasteiger charge is -2.16. The highest BCUT2D eigenvalue weighted by atomic mass is 32.2. The normalized spacial score (nSPS) is 27.4. The van der Waals surface area contributed by atoms with Gasteiger partial charge in [-0.25, -0.2) is 4.79 Å². The molecule has 8 heteroatoms. The number of unbranched alkanes of at least 4 members (excludes halogenated alkanes) is 1. The van der Waals surface area contributed by atoms with Gasteiger partial charge in [0, 0.05) is 24.3 Å². The summed E-state index contributed by atoms with van der Waals surface area (Å²) < 4.78 is 0. The van der Waals surface area contributed by atoms with Crippen LogP contribution in [0.4, 0.5) is 4.79 Å². The summed E-state index contributed by atoms with van der Waals surface area (Å²) in [5, 5.41) is 6.29. The highest BCUT2D eigenvalue weighted by molar-refractivity contribution is 8.00. The molecule has 4 amide bonds. The molecule has 4 N–H and O–H groups in total. The van der Waals surface area contributed by atoms with Crippen molar-refractivity contribution in [3.05, 3.63) is 0 Å². The number of amides is 4. The van der Waals surface area contributed by atoms with Crippen LogP contribution in [0.2, 0.25) is 0 Å². The molecular weight excluding hydrogens is 280 g/mol. The quantitative estimate of drug-likeness (QED) is 0.323. The van der Waals surface area contributed by atoms with E-state index in [-0.39, 0.29) is 29.9 Å². The van der Waals surface area contributed by atoms with E-state index < -0.39 is 0 Å². The summed E-state index contributed by atoms with van der Waals surface area (Å²) in [5.41, 5.74) is 4.61. The zero-order chi connectivity index (χ0) is 14.5. The van der Waals surface area contributed by atoms with Crippen LogP contribution in [-0.2, 0) is 9.59 Å². The summed E-state index contributed by atoms with van der Waals surface area (Å²) in [5.74, 6) is 0.501. The second-order valence-electron chi connectivity index (χ2n) is 5.10. The van der Waals surface area contributed by atoms with E-state index in [1.165, 1.54) is 6.92 Å². The molecule has 0 radical (unpaired) electrons. The fourth-order valence-corrected chi connectivity index (χ4v) is 4.04. The van der Waals surface area contributed by atoms with E-state index >= 15 is 0 Å². The molecule has 0 bridgehead atoms. The smallest absolute Gasteiger partial charge is 0.315 e. The number of thioether (sulfide) groups is 1. The Hall–Kier alpha value is -1.44. The van der Waals surface area contributed by atoms with Gasteiger partial charge in [-0.1, -0.05) is 6.42 Å². The van der Waals surface area contributed by atoms with Gasteiger partial charge in [0.05, 0.1) is 12.1 Å². The molecule has 2 heterocycles. The van der Waals surface area contributed by atoms with Crippen molar-refractivity contribution in [2.45, 2.75) is 49.9 Å². The van der Waals surface area contributed by atoms with Crippen molar-refractivity contribution in [3.63, 3.8) is 0 Å². The van der Waals surface area contributed by atoms with Gasteiger partial charge in [-0.15, -0.1) is 0 Å². The van der Waals surface area contributed by atoms with Gasteiger partial charge in [0.2, 0.25) is 11.8 Å². The predicted molar refractivity (Wildman–Crippen MR) is 75.9 cm³/mol. The molecule has 3 atom stereocenters. The number of rotatable bonds is 5. The van der Waals surface area contributed by atoms with Crippen LogP contribution in [0.1, 0.15) is 32.6 Å². The van der Waals surface area contributed by atoms with Gasteiger partial charge >= 0.3 is 6.03 Å². The minimum atomic E-state index is -0.281. The first-order valence-corrected chi connectivity index (χ1v) is 7.85. The number of carbonyl (C=O) groups excluding carboxylic acids is 3. The van der Waals surface area contributed by atoms with E-state index in [0.29, 0.717) is 11.7 Å². The molecule has 3 unspecified atom stereocenters. The van der Waals surface area contributed by atoms with Gasteiger partial charge < -0.3 is 10.6 Å². The van der Waals surface area contributed by atoms with Crippen LogP contribution < -0.4 is 21.5 Å². The average molecular weight is 300 g/mol. The topological polar surface area (TPSA) is 99.3 Å². The first-order chi connectivity index (χ1) is 9.56. The minimum Gasteiger partial charge on any atom is -0.332 e. The standard InChI is InChI=1S/C12H20N4O3S/c1-7(17)15-16-10(18)5-3-2-4-9-11-8(6-20-9)13-12(19)14-11/h8-9,11H,2-6H2,1H3,(H,15,17)(H,16,18)(H2,13,14,19). The third-order valence-electron chi connectivity index (χ3n) is 3.46. The van der Waals surface area contributed by atoms with Crippen molar-refractivity contribution < 1.29 is 14.4 Å². The Morgan fingerprint density at radius 2 is 2.10 bits per heavy atom. The molecule has 2 saturated heterocycles. The Morgan fingerprint density at radius 3 is 2.85 bits per heavy atom. The van der Waals surface area contributed by atoms with Crippen molar-refractivity contribution in [2.24, 2.45) is 0 Å². The van der Waals surface area contributed by atoms with Crippen molar-refractivity contribution in [1.29, 1.82) is 0 Å². The summed E-state index contributed by atoms with van der Waals surface area (Å²) >= 11 is 1.87. The number of urea groups is 1. The molecule has 2 fully saturated rings. The summed E-state index contributed by atoms with van der Waals surface area (Å²) in [6.45, 7) is 1.35. The Morgan fingerprint density at radius 1 is 1.30 bits per heavy atom. The predicted octanol–water partition coefficient (Wildman–Crippen LogP) is -0.120. The maximum atomic E-state index is 11.4. The number of fused-ring (bicyclic) bond motifs is 1. The monoisotopic (exact) mass is 300 g/mol. The van der Waals surface area contributed by atoms with Gasteiger partial charge in [0.25, 0.3) is 0 Å². The van der Waals surface area contributed by atoms with Crippen LogP contribution in [0.25, 0.3) is 0 Å². The second-order valence-corrected chi connectivity index (χ2v) is 6.37. The molecule has 0 saturated carbocycles. The van der Waals surface area contributed by atoms with Crippen LogP contribution >= 0.6 is 11.8 Å². The second kappa shape index (κ2) is 6.83. The molecule has 0 spiro atoms. The molecule has 0 aromatic rings. The summed E-state index contributed by atoms with van der Waals surface area (Å²) in [7, 11) is 0. The fraction of sp³-hybridized carbons (Fsp3) is 0.750. The molecule has 2 aliphatic rings. The number of hydrazine groups is 1. The van der Waals surface area contributed by atoms with Gasteiger partial charge in [-0.2, -0.15) is 11.8 Å². The summed E-state index contributed by atoms with van der Waals surface area (Å²) in [4.78, 5) is 33.2. The Bertz CT molecular complexity index is 404. The van der Waals surface area contributed by atoms with E-state index in [1.54, 1.807) is 0 Å². The Kier molecular flexibility index (Phi) is 5.11. The highest BCUT2D eigenvalue weighted by Gasteiger charge is 2.42. The van der Waals surface area contributed by atoms with Crippen LogP contribution in [0.15, 0.2) is 0 Å². The van der Waals surface area contributed by atoms with Crippen molar-refractivity contribution in [3.8, 4) is 0 Å². The van der Waals surface area contributed by atoms with E-state index in [0.717, 1.165) is 25.0 Å². The third-order valence-corrected chi connectivity index (χ3v) is 4.97. The Labute approximate surface area is 122 Å². The largest absolute Gasteiger partial charge is 0.332 e. The number of carbonyl (C=O) groups is 3. The lowest BCUT2D eigenvalue weighted by molar-refractivity contribution is -0.127. The molecule has 2 rings (SSSR count). The number of nitrogens with one attached hydrogen (secondary N) is 4. The first-order valence-electron chi connectivity index (χ1n) is 6.80. The lowest BCUT2D eigenvalue weighted by Crippen LogP contribution is -2.40. The van der Waals surface area contributed by atoms with Crippen LogP contribution in [0.3, 0.4) is 0 Å². The lowest BCUT2D eigenvalue weighted by atomic mass is 10.0. The van der Waals surface area contributed by atoms with Gasteiger partial charge in [0.15, 0.2) is 0 Å². The van der Waals surface area contributed by atoms with Gasteiger partial charge in [-0.3, -0.25) is 20.4 Å². The maximum Gasteiger partial charge on any atom is 0.315 e. The molecule has 0 aromatic heterocycles. The molecule has 20 heavy (non-hydrogen) atoms. The maximum absolute atomic E-state index is 11.4. The third kappa shape index (κ3) is 4.03. The van der Waals surface area contributed by atoms with Crippen molar-refractivity contribution in [1.82, 2.24) is 21.5 Å². The van der Waals surface area contributed by atoms with Crippen molar-refractivity contribution >= 4 is 29.6 Å². The highest BCUT2D eigenvalue weighted by Crippen LogP contribution is 2.33. The summed E-state index contributed by atoms with van der Waals surface area (Å²) in [6, 6.07) is 0.404. The van der Waals surface area contributed by atoms with Crippen LogP contribution in [0.5, 0.6) is 0 Å². The molecule has 7 nitrogen and oxygen atoms in total. The molecule has 2 aliphatic heterocycles. The van der Waals surface area contributed by atoms with Crippen molar-refractivity contribution in [2.75, 3.05) is 5.75 Å². The fourth-order valence-electron chi connectivity index (χ4n) is 2.49. The molecule has 112 valence electrons. The van der Waals surface area contributed by atoms with E-state index in [9.17, 15) is 14.4 Å². The zero-order valence-electron chi connectivity index (χ0n) is 11.4. The van der Waals surface area contributed by atoms with Gasteiger partial charge in [-0.05, 0) is 12.8 Å². The van der Waals surface area contributed by atoms with E-state index in [2.05, 4.69) is 21.5 Å². The van der Waals surface area contributed by atoms with E-state index in [4.69, 9.17) is 0 Å². The molecule has 0 aromatic carbocycles.